The topological polar surface area (TPSA) is 139 Å². The summed E-state index contributed by atoms with van der Waals surface area (Å²) in [5.41, 5.74) is 5.69. The molecule has 0 saturated heterocycles. The van der Waals surface area contributed by atoms with E-state index in [4.69, 9.17) is 20.7 Å². The summed E-state index contributed by atoms with van der Waals surface area (Å²) in [4.78, 5) is 31.9. The first kappa shape index (κ1) is 21.4. The minimum absolute atomic E-state index is 0.122. The molecular weight excluding hydrogens is 316 g/mol. The van der Waals surface area contributed by atoms with Crippen molar-refractivity contribution in [1.29, 1.82) is 0 Å². The van der Waals surface area contributed by atoms with E-state index in [-0.39, 0.29) is 12.5 Å². The lowest BCUT2D eigenvalue weighted by molar-refractivity contribution is -0.140. The van der Waals surface area contributed by atoms with Gasteiger partial charge in [-0.15, -0.1) is 0 Å². The third-order valence-electron chi connectivity index (χ3n) is 2.81. The molecule has 5 N–H and O–H groups in total. The number of ether oxygens (including phenoxy) is 1. The van der Waals surface area contributed by atoms with E-state index in [1.807, 2.05) is 30.3 Å². The highest BCUT2D eigenvalue weighted by Crippen LogP contribution is 2.04. The number of carbonyl (C=O) groups is 3. The Balaban J connectivity index is 0.000000754. The van der Waals surface area contributed by atoms with Gasteiger partial charge in [0.1, 0.15) is 18.7 Å². The van der Waals surface area contributed by atoms with Crippen molar-refractivity contribution in [1.82, 2.24) is 5.32 Å². The Morgan fingerprint density at radius 3 is 1.96 bits per heavy atom. The Bertz CT molecular complexity index is 531. The molecule has 0 aliphatic carbocycles. The second-order valence-corrected chi connectivity index (χ2v) is 5.39. The highest BCUT2D eigenvalue weighted by molar-refractivity contribution is 5.80. The van der Waals surface area contributed by atoms with E-state index in [0.29, 0.717) is 0 Å². The van der Waals surface area contributed by atoms with E-state index in [2.05, 4.69) is 5.32 Å². The van der Waals surface area contributed by atoms with Gasteiger partial charge in [-0.2, -0.15) is 0 Å². The normalized spacial score (nSPS) is 12.4. The molecule has 134 valence electrons. The number of alkyl carbamates (subject to hydrolysis) is 1. The molecule has 0 saturated carbocycles. The van der Waals surface area contributed by atoms with E-state index in [1.165, 1.54) is 6.92 Å². The quantitative estimate of drug-likeness (QED) is 0.614. The molecule has 1 aromatic rings. The van der Waals surface area contributed by atoms with E-state index in [0.717, 1.165) is 5.56 Å². The molecule has 0 fully saturated rings. The molecule has 0 radical (unpaired) electrons. The van der Waals surface area contributed by atoms with Crippen molar-refractivity contribution < 1.29 is 29.3 Å². The van der Waals surface area contributed by atoms with Gasteiger partial charge < -0.3 is 26.0 Å². The molecule has 1 aromatic carbocycles. The van der Waals surface area contributed by atoms with Gasteiger partial charge in [0, 0.05) is 0 Å². The Morgan fingerprint density at radius 1 is 1.08 bits per heavy atom. The summed E-state index contributed by atoms with van der Waals surface area (Å²) in [6.07, 6.45) is -0.722. The molecule has 24 heavy (non-hydrogen) atoms. The van der Waals surface area contributed by atoms with Crippen LogP contribution in [-0.2, 0) is 20.9 Å². The average Bonchev–Trinajstić information content (AvgIpc) is 2.51. The van der Waals surface area contributed by atoms with Crippen molar-refractivity contribution in [3.63, 3.8) is 0 Å². The van der Waals surface area contributed by atoms with Crippen LogP contribution in [0.3, 0.4) is 0 Å². The molecule has 0 unspecified atom stereocenters. The fraction of sp³-hybridized carbons (Fsp3) is 0.438. The second-order valence-electron chi connectivity index (χ2n) is 5.39. The monoisotopic (exact) mass is 340 g/mol. The number of carboxylic acids is 2. The Hall–Kier alpha value is -2.61. The fourth-order valence-corrected chi connectivity index (χ4v) is 1.41. The van der Waals surface area contributed by atoms with Crippen LogP contribution in [0, 0.1) is 5.92 Å². The highest BCUT2D eigenvalue weighted by Gasteiger charge is 2.23. The van der Waals surface area contributed by atoms with Gasteiger partial charge in [-0.1, -0.05) is 44.2 Å². The fourth-order valence-electron chi connectivity index (χ4n) is 1.41. The number of rotatable bonds is 6. The lowest BCUT2D eigenvalue weighted by Gasteiger charge is -2.17. The van der Waals surface area contributed by atoms with Crippen LogP contribution < -0.4 is 11.1 Å². The third kappa shape index (κ3) is 9.42. The zero-order chi connectivity index (χ0) is 18.7. The van der Waals surface area contributed by atoms with Crippen molar-refractivity contribution >= 4 is 18.0 Å². The first-order valence-corrected chi connectivity index (χ1v) is 7.33. The van der Waals surface area contributed by atoms with Crippen molar-refractivity contribution in [2.75, 3.05) is 0 Å². The summed E-state index contributed by atoms with van der Waals surface area (Å²) in [5, 5.41) is 19.1. The number of hydrogen-bond acceptors (Lipinski definition) is 5. The zero-order valence-electron chi connectivity index (χ0n) is 13.9. The number of hydrogen-bond donors (Lipinski definition) is 4. The lowest BCUT2D eigenvalue weighted by atomic mass is 10.1. The van der Waals surface area contributed by atoms with E-state index in [1.54, 1.807) is 13.8 Å². The molecule has 8 nitrogen and oxygen atoms in total. The second kappa shape index (κ2) is 11.0. The maximum atomic E-state index is 11.4. The predicted octanol–water partition coefficient (Wildman–Crippen LogP) is 1.44. The van der Waals surface area contributed by atoms with E-state index < -0.39 is 30.1 Å². The van der Waals surface area contributed by atoms with Gasteiger partial charge in [-0.3, -0.25) is 4.79 Å². The van der Waals surface area contributed by atoms with Gasteiger partial charge >= 0.3 is 18.0 Å². The van der Waals surface area contributed by atoms with Crippen LogP contribution in [-0.4, -0.2) is 40.3 Å². The standard InChI is InChI=1S/C13H17NO4.C3H7NO2/c1-9(2)11(12(15)16)14-13(17)18-8-10-6-4-3-5-7-10;1-2(4)3(5)6/h3-7,9,11H,8H2,1-2H3,(H,14,17)(H,15,16);2H,4H2,1H3,(H,5,6)/t11-;2-/m00/s1. The predicted molar refractivity (Wildman–Crippen MR) is 87.3 cm³/mol. The van der Waals surface area contributed by atoms with Crippen molar-refractivity contribution in [2.24, 2.45) is 11.7 Å². The van der Waals surface area contributed by atoms with Gasteiger partial charge in [0.05, 0.1) is 0 Å². The number of amides is 1. The van der Waals surface area contributed by atoms with Crippen LogP contribution >= 0.6 is 0 Å². The van der Waals surface area contributed by atoms with Crippen molar-refractivity contribution in [3.05, 3.63) is 35.9 Å². The van der Waals surface area contributed by atoms with Crippen LogP contribution in [0.4, 0.5) is 4.79 Å². The molecule has 0 spiro atoms. The summed E-state index contributed by atoms with van der Waals surface area (Å²) < 4.78 is 4.95. The third-order valence-corrected chi connectivity index (χ3v) is 2.81. The molecule has 0 aliphatic rings. The molecule has 8 heteroatoms. The van der Waals surface area contributed by atoms with Gasteiger partial charge in [0.25, 0.3) is 0 Å². The number of carbonyl (C=O) groups excluding carboxylic acids is 1. The van der Waals surface area contributed by atoms with Crippen LogP contribution in [0.1, 0.15) is 26.3 Å². The molecule has 2 atom stereocenters. The van der Waals surface area contributed by atoms with Crippen LogP contribution in [0.25, 0.3) is 0 Å². The first-order valence-electron chi connectivity index (χ1n) is 7.33. The lowest BCUT2D eigenvalue weighted by Crippen LogP contribution is -2.44. The van der Waals surface area contributed by atoms with E-state index >= 15 is 0 Å². The number of nitrogens with one attached hydrogen (secondary N) is 1. The van der Waals surface area contributed by atoms with Gasteiger partial charge in [0.2, 0.25) is 0 Å². The molecule has 0 aliphatic heterocycles. The minimum atomic E-state index is -1.07. The molecule has 1 amide bonds. The molecule has 1 rings (SSSR count). The summed E-state index contributed by atoms with van der Waals surface area (Å²) in [6, 6.07) is 7.52. The van der Waals surface area contributed by atoms with Crippen LogP contribution in [0.5, 0.6) is 0 Å². The van der Waals surface area contributed by atoms with Gasteiger partial charge in [0.15, 0.2) is 0 Å². The molecule has 0 aromatic heterocycles. The largest absolute Gasteiger partial charge is 0.480 e. The summed E-state index contributed by atoms with van der Waals surface area (Å²) in [7, 11) is 0. The maximum absolute atomic E-state index is 11.4. The first-order chi connectivity index (χ1) is 11.1. The molecular formula is C16H24N2O6. The summed E-state index contributed by atoms with van der Waals surface area (Å²) >= 11 is 0. The smallest absolute Gasteiger partial charge is 0.408 e. The molecule has 0 heterocycles. The van der Waals surface area contributed by atoms with E-state index in [9.17, 15) is 14.4 Å². The summed E-state index contributed by atoms with van der Waals surface area (Å²) in [5.74, 6) is -2.23. The molecule has 0 bridgehead atoms. The summed E-state index contributed by atoms with van der Waals surface area (Å²) in [6.45, 7) is 4.98. The Labute approximate surface area is 140 Å². The average molecular weight is 340 g/mol. The Kier molecular flexibility index (Phi) is 9.81. The Morgan fingerprint density at radius 2 is 1.58 bits per heavy atom. The number of carboxylic acid groups (broad SMARTS) is 2. The SMILES string of the molecule is CC(C)[C@H](NC(=O)OCc1ccccc1)C(=O)O.C[C@H](N)C(=O)O. The minimum Gasteiger partial charge on any atom is -0.480 e. The maximum Gasteiger partial charge on any atom is 0.408 e. The number of aliphatic carboxylic acids is 2. The van der Waals surface area contributed by atoms with Gasteiger partial charge in [-0.05, 0) is 18.4 Å². The highest BCUT2D eigenvalue weighted by atomic mass is 16.5. The van der Waals surface area contributed by atoms with Crippen LogP contribution in [0.15, 0.2) is 30.3 Å². The number of nitrogens with two attached hydrogens (primary N) is 1. The van der Waals surface area contributed by atoms with Crippen molar-refractivity contribution in [2.45, 2.75) is 39.5 Å². The van der Waals surface area contributed by atoms with Gasteiger partial charge in [-0.25, -0.2) is 9.59 Å². The van der Waals surface area contributed by atoms with Crippen LogP contribution in [0.2, 0.25) is 0 Å². The van der Waals surface area contributed by atoms with Crippen molar-refractivity contribution in [3.8, 4) is 0 Å². The number of benzene rings is 1. The zero-order valence-corrected chi connectivity index (χ0v) is 13.9.